The fourth-order valence-electron chi connectivity index (χ4n) is 1.56. The molecule has 2 rings (SSSR count). The van der Waals surface area contributed by atoms with Gasteiger partial charge >= 0.3 is 5.97 Å². The summed E-state index contributed by atoms with van der Waals surface area (Å²) in [6, 6.07) is 7.52. The number of ether oxygens (including phenoxy) is 1. The summed E-state index contributed by atoms with van der Waals surface area (Å²) in [7, 11) is 0. The largest absolute Gasteiger partial charge is 0.478 e. The highest BCUT2D eigenvalue weighted by Gasteiger charge is 2.03. The number of carbonyl (C=O) groups is 1. The van der Waals surface area contributed by atoms with Crippen LogP contribution in [-0.2, 0) is 4.79 Å². The van der Waals surface area contributed by atoms with Crippen molar-refractivity contribution < 1.29 is 19.0 Å². The fourth-order valence-corrected chi connectivity index (χ4v) is 1.56. The van der Waals surface area contributed by atoms with Gasteiger partial charge in [0.1, 0.15) is 11.6 Å². The van der Waals surface area contributed by atoms with Crippen LogP contribution < -0.4 is 4.74 Å². The van der Waals surface area contributed by atoms with Gasteiger partial charge in [0.2, 0.25) is 5.88 Å². The molecule has 0 bridgehead atoms. The van der Waals surface area contributed by atoms with Gasteiger partial charge in [-0.3, -0.25) is 0 Å². The number of rotatable bonds is 4. The average molecular weight is 273 g/mol. The summed E-state index contributed by atoms with van der Waals surface area (Å²) in [6.07, 6.45) is 3.96. The number of nitrogens with zero attached hydrogens (tertiary/aromatic N) is 1. The van der Waals surface area contributed by atoms with Crippen LogP contribution in [0.2, 0.25) is 0 Å². The second-order valence-corrected chi connectivity index (χ2v) is 4.11. The lowest BCUT2D eigenvalue weighted by molar-refractivity contribution is -0.131. The molecule has 5 heteroatoms. The van der Waals surface area contributed by atoms with Gasteiger partial charge in [0, 0.05) is 18.3 Å². The SMILES string of the molecule is Cc1cc(F)ccc1Oc1ccc(/C=C/C(=O)O)cn1. The minimum atomic E-state index is -1.02. The van der Waals surface area contributed by atoms with E-state index in [1.165, 1.54) is 30.5 Å². The lowest BCUT2D eigenvalue weighted by Crippen LogP contribution is -1.91. The summed E-state index contributed by atoms with van der Waals surface area (Å²) >= 11 is 0. The van der Waals surface area contributed by atoms with Crippen LogP contribution in [0.4, 0.5) is 4.39 Å². The zero-order valence-electron chi connectivity index (χ0n) is 10.7. The van der Waals surface area contributed by atoms with Gasteiger partial charge in [-0.2, -0.15) is 0 Å². The van der Waals surface area contributed by atoms with Crippen LogP contribution in [0.1, 0.15) is 11.1 Å². The van der Waals surface area contributed by atoms with Gasteiger partial charge in [-0.1, -0.05) is 0 Å². The smallest absolute Gasteiger partial charge is 0.328 e. The second kappa shape index (κ2) is 5.97. The molecule has 2 aromatic rings. The average Bonchev–Trinajstić information content (AvgIpc) is 2.41. The number of aliphatic carboxylic acids is 1. The third-order valence-electron chi connectivity index (χ3n) is 2.53. The molecular weight excluding hydrogens is 261 g/mol. The highest BCUT2D eigenvalue weighted by atomic mass is 19.1. The van der Waals surface area contributed by atoms with E-state index < -0.39 is 5.97 Å². The minimum Gasteiger partial charge on any atom is -0.478 e. The molecule has 20 heavy (non-hydrogen) atoms. The number of aromatic nitrogens is 1. The number of benzene rings is 1. The van der Waals surface area contributed by atoms with Crippen molar-refractivity contribution >= 4 is 12.0 Å². The molecule has 0 radical (unpaired) electrons. The van der Waals surface area contributed by atoms with E-state index in [1.807, 2.05) is 0 Å². The molecule has 1 N–H and O–H groups in total. The predicted molar refractivity (Wildman–Crippen MR) is 72.1 cm³/mol. The molecule has 0 fully saturated rings. The Hall–Kier alpha value is -2.69. The summed E-state index contributed by atoms with van der Waals surface area (Å²) in [6.45, 7) is 1.74. The first-order chi connectivity index (χ1) is 9.54. The van der Waals surface area contributed by atoms with Crippen molar-refractivity contribution in [2.24, 2.45) is 0 Å². The van der Waals surface area contributed by atoms with E-state index in [1.54, 1.807) is 19.1 Å². The van der Waals surface area contributed by atoms with Crippen molar-refractivity contribution in [1.82, 2.24) is 4.98 Å². The molecule has 1 heterocycles. The van der Waals surface area contributed by atoms with Crippen LogP contribution >= 0.6 is 0 Å². The Morgan fingerprint density at radius 3 is 2.75 bits per heavy atom. The van der Waals surface area contributed by atoms with E-state index in [2.05, 4.69) is 4.98 Å². The van der Waals surface area contributed by atoms with Crippen LogP contribution in [0.3, 0.4) is 0 Å². The van der Waals surface area contributed by atoms with E-state index in [0.29, 0.717) is 22.8 Å². The van der Waals surface area contributed by atoms with Crippen LogP contribution in [0, 0.1) is 12.7 Å². The molecule has 4 nitrogen and oxygen atoms in total. The summed E-state index contributed by atoms with van der Waals surface area (Å²) in [5.41, 5.74) is 1.32. The van der Waals surface area contributed by atoms with Crippen molar-refractivity contribution in [2.45, 2.75) is 6.92 Å². The van der Waals surface area contributed by atoms with Crippen molar-refractivity contribution in [1.29, 1.82) is 0 Å². The van der Waals surface area contributed by atoms with Crippen molar-refractivity contribution in [2.75, 3.05) is 0 Å². The third-order valence-corrected chi connectivity index (χ3v) is 2.53. The normalized spacial score (nSPS) is 10.7. The molecule has 0 spiro atoms. The van der Waals surface area contributed by atoms with Crippen molar-refractivity contribution in [3.05, 3.63) is 59.5 Å². The molecule has 0 atom stereocenters. The predicted octanol–water partition coefficient (Wildman–Crippen LogP) is 3.42. The lowest BCUT2D eigenvalue weighted by Gasteiger charge is -2.07. The van der Waals surface area contributed by atoms with Gasteiger partial charge in [0.25, 0.3) is 0 Å². The Bertz CT molecular complexity index is 651. The van der Waals surface area contributed by atoms with E-state index in [4.69, 9.17) is 9.84 Å². The maximum Gasteiger partial charge on any atom is 0.328 e. The molecule has 0 aliphatic heterocycles. The quantitative estimate of drug-likeness (QED) is 0.867. The Labute approximate surface area is 115 Å². The monoisotopic (exact) mass is 273 g/mol. The van der Waals surface area contributed by atoms with Gasteiger partial charge in [0.15, 0.2) is 0 Å². The fraction of sp³-hybridized carbons (Fsp3) is 0.0667. The Morgan fingerprint density at radius 2 is 2.15 bits per heavy atom. The summed E-state index contributed by atoms with van der Waals surface area (Å²) in [5, 5.41) is 8.51. The zero-order valence-corrected chi connectivity index (χ0v) is 10.7. The topological polar surface area (TPSA) is 59.4 Å². The van der Waals surface area contributed by atoms with Gasteiger partial charge in [-0.15, -0.1) is 0 Å². The molecule has 0 aliphatic rings. The number of hydrogen-bond donors (Lipinski definition) is 1. The first kappa shape index (κ1) is 13.7. The van der Waals surface area contributed by atoms with Crippen LogP contribution in [0.5, 0.6) is 11.6 Å². The molecule has 0 unspecified atom stereocenters. The van der Waals surface area contributed by atoms with Gasteiger partial charge < -0.3 is 9.84 Å². The molecule has 0 aliphatic carbocycles. The van der Waals surface area contributed by atoms with Crippen molar-refractivity contribution in [3.8, 4) is 11.6 Å². The number of halogens is 1. The molecule has 1 aromatic heterocycles. The van der Waals surface area contributed by atoms with E-state index in [-0.39, 0.29) is 5.82 Å². The van der Waals surface area contributed by atoms with Crippen LogP contribution in [-0.4, -0.2) is 16.1 Å². The third kappa shape index (κ3) is 3.65. The molecule has 0 amide bonds. The lowest BCUT2D eigenvalue weighted by atomic mass is 10.2. The summed E-state index contributed by atoms with van der Waals surface area (Å²) < 4.78 is 18.5. The highest BCUT2D eigenvalue weighted by molar-refractivity contribution is 5.85. The van der Waals surface area contributed by atoms with Gasteiger partial charge in [0.05, 0.1) is 0 Å². The van der Waals surface area contributed by atoms with E-state index >= 15 is 0 Å². The first-order valence-corrected chi connectivity index (χ1v) is 5.85. The maximum absolute atomic E-state index is 13.0. The summed E-state index contributed by atoms with van der Waals surface area (Å²) in [5.74, 6) is -0.468. The zero-order chi connectivity index (χ0) is 14.5. The molecule has 102 valence electrons. The number of carboxylic acids is 1. The number of hydrogen-bond acceptors (Lipinski definition) is 3. The highest BCUT2D eigenvalue weighted by Crippen LogP contribution is 2.24. The van der Waals surface area contributed by atoms with E-state index in [0.717, 1.165) is 6.08 Å². The minimum absolute atomic E-state index is 0.322. The maximum atomic E-state index is 13.0. The van der Waals surface area contributed by atoms with Gasteiger partial charge in [-0.25, -0.2) is 14.2 Å². The molecular formula is C15H12FNO3. The van der Waals surface area contributed by atoms with Gasteiger partial charge in [-0.05, 0) is 48.4 Å². The molecule has 0 saturated heterocycles. The van der Waals surface area contributed by atoms with Crippen molar-refractivity contribution in [3.63, 3.8) is 0 Å². The Kier molecular flexibility index (Phi) is 4.10. The number of carboxylic acid groups (broad SMARTS) is 1. The summed E-state index contributed by atoms with van der Waals surface area (Å²) in [4.78, 5) is 14.4. The van der Waals surface area contributed by atoms with E-state index in [9.17, 15) is 9.18 Å². The standard InChI is InChI=1S/C15H12FNO3/c1-10-8-12(16)4-5-13(10)20-14-6-2-11(9-17-14)3-7-15(18)19/h2-9H,1H3,(H,18,19)/b7-3+. The molecule has 0 saturated carbocycles. The Balaban J connectivity index is 2.12. The first-order valence-electron chi connectivity index (χ1n) is 5.85. The number of pyridine rings is 1. The van der Waals surface area contributed by atoms with Crippen LogP contribution in [0.25, 0.3) is 6.08 Å². The molecule has 1 aromatic carbocycles. The number of aryl methyl sites for hydroxylation is 1. The van der Waals surface area contributed by atoms with Crippen LogP contribution in [0.15, 0.2) is 42.6 Å². The second-order valence-electron chi connectivity index (χ2n) is 4.11. The Morgan fingerprint density at radius 1 is 1.35 bits per heavy atom.